The molecule has 1 aliphatic heterocycles. The number of hydrogen-bond acceptors (Lipinski definition) is 4. The fraction of sp³-hybridized carbons (Fsp3) is 0.0588. The number of halogens is 2. The molecule has 0 aliphatic carbocycles. The van der Waals surface area contributed by atoms with Crippen molar-refractivity contribution in [3.05, 3.63) is 63.0 Å². The molecule has 0 aromatic heterocycles. The van der Waals surface area contributed by atoms with Crippen LogP contribution in [0, 0.1) is 0 Å². The minimum absolute atomic E-state index is 0.181. The van der Waals surface area contributed by atoms with Crippen molar-refractivity contribution < 1.29 is 9.90 Å². The summed E-state index contributed by atoms with van der Waals surface area (Å²) < 4.78 is 0. The van der Waals surface area contributed by atoms with Gasteiger partial charge in [0.25, 0.3) is 5.91 Å². The Kier molecular flexibility index (Phi) is 4.85. The maximum atomic E-state index is 12.2. The van der Waals surface area contributed by atoms with Gasteiger partial charge < -0.3 is 10.0 Å². The molecule has 2 aromatic rings. The molecule has 0 spiro atoms. The zero-order chi connectivity index (χ0) is 17.3. The molecule has 122 valence electrons. The minimum atomic E-state index is -0.323. The monoisotopic (exact) mass is 378 g/mol. The standard InChI is InChI=1S/C17H12Cl2N2O2S/c1-21(11-5-7-12(22)8-6-11)17-20-16(23)14(24-17)9-10-3-2-4-13(18)15(10)19/h2-9,22H,1H3/b14-9+. The average molecular weight is 379 g/mol. The second-order valence-electron chi connectivity index (χ2n) is 5.03. The van der Waals surface area contributed by atoms with Gasteiger partial charge in [-0.2, -0.15) is 4.99 Å². The smallest absolute Gasteiger partial charge is 0.286 e. The van der Waals surface area contributed by atoms with Gasteiger partial charge in [-0.3, -0.25) is 4.79 Å². The van der Waals surface area contributed by atoms with Gasteiger partial charge in [0, 0.05) is 12.7 Å². The van der Waals surface area contributed by atoms with Crippen LogP contribution in [0.5, 0.6) is 5.75 Å². The van der Waals surface area contributed by atoms with E-state index in [9.17, 15) is 9.90 Å². The summed E-state index contributed by atoms with van der Waals surface area (Å²) in [6.07, 6.45) is 1.68. The Labute approximate surface area is 153 Å². The molecule has 3 rings (SSSR count). The number of thioether (sulfide) groups is 1. The van der Waals surface area contributed by atoms with Crippen molar-refractivity contribution in [2.45, 2.75) is 0 Å². The van der Waals surface area contributed by atoms with Crippen LogP contribution >= 0.6 is 35.0 Å². The molecular weight excluding hydrogens is 367 g/mol. The van der Waals surface area contributed by atoms with Crippen LogP contribution in [0.1, 0.15) is 5.56 Å². The van der Waals surface area contributed by atoms with Crippen LogP contribution in [0.2, 0.25) is 10.0 Å². The third-order valence-electron chi connectivity index (χ3n) is 3.40. The molecule has 0 atom stereocenters. The summed E-state index contributed by atoms with van der Waals surface area (Å²) in [4.78, 5) is 18.5. The Morgan fingerprint density at radius 1 is 1.17 bits per heavy atom. The summed E-state index contributed by atoms with van der Waals surface area (Å²) in [5.41, 5.74) is 1.48. The first-order valence-electron chi connectivity index (χ1n) is 6.95. The molecule has 2 aromatic carbocycles. The highest BCUT2D eigenvalue weighted by Crippen LogP contribution is 2.34. The Morgan fingerprint density at radius 3 is 2.58 bits per heavy atom. The van der Waals surface area contributed by atoms with E-state index in [1.165, 1.54) is 11.8 Å². The van der Waals surface area contributed by atoms with E-state index >= 15 is 0 Å². The Bertz CT molecular complexity index is 863. The second-order valence-corrected chi connectivity index (χ2v) is 6.82. The number of anilines is 1. The normalized spacial score (nSPS) is 15.7. The predicted molar refractivity (Wildman–Crippen MR) is 101 cm³/mol. The van der Waals surface area contributed by atoms with E-state index in [2.05, 4.69) is 4.99 Å². The first-order chi connectivity index (χ1) is 11.5. The molecule has 0 saturated heterocycles. The highest BCUT2D eigenvalue weighted by Gasteiger charge is 2.25. The topological polar surface area (TPSA) is 52.9 Å². The lowest BCUT2D eigenvalue weighted by atomic mass is 10.2. The number of aliphatic imine (C=N–C) groups is 1. The first-order valence-corrected chi connectivity index (χ1v) is 8.52. The van der Waals surface area contributed by atoms with Crippen LogP contribution in [0.4, 0.5) is 5.69 Å². The molecule has 24 heavy (non-hydrogen) atoms. The number of carbonyl (C=O) groups is 1. The van der Waals surface area contributed by atoms with E-state index in [0.29, 0.717) is 25.7 Å². The lowest BCUT2D eigenvalue weighted by molar-refractivity contribution is -0.113. The van der Waals surface area contributed by atoms with E-state index in [-0.39, 0.29) is 11.7 Å². The number of rotatable bonds is 2. The number of aromatic hydroxyl groups is 1. The van der Waals surface area contributed by atoms with Crippen LogP contribution in [0.3, 0.4) is 0 Å². The van der Waals surface area contributed by atoms with Gasteiger partial charge in [-0.05, 0) is 53.7 Å². The number of benzene rings is 2. The number of amidine groups is 1. The Morgan fingerprint density at radius 2 is 1.88 bits per heavy atom. The summed E-state index contributed by atoms with van der Waals surface area (Å²) >= 11 is 13.4. The number of hydrogen-bond donors (Lipinski definition) is 1. The number of phenols is 1. The molecule has 1 aliphatic rings. The molecule has 0 radical (unpaired) electrons. The van der Waals surface area contributed by atoms with Crippen molar-refractivity contribution in [1.82, 2.24) is 0 Å². The minimum Gasteiger partial charge on any atom is -0.508 e. The van der Waals surface area contributed by atoms with Crippen LogP contribution in [-0.2, 0) is 4.79 Å². The summed E-state index contributed by atoms with van der Waals surface area (Å²) in [5, 5.41) is 10.7. The molecule has 0 saturated carbocycles. The third-order valence-corrected chi connectivity index (χ3v) is 5.29. The van der Waals surface area contributed by atoms with E-state index in [1.54, 1.807) is 60.5 Å². The van der Waals surface area contributed by atoms with Crippen LogP contribution in [-0.4, -0.2) is 23.2 Å². The van der Waals surface area contributed by atoms with Gasteiger partial charge in [0.1, 0.15) is 5.75 Å². The molecule has 4 nitrogen and oxygen atoms in total. The number of nitrogens with zero attached hydrogens (tertiary/aromatic N) is 2. The van der Waals surface area contributed by atoms with Crippen molar-refractivity contribution in [3.8, 4) is 5.75 Å². The molecule has 0 unspecified atom stereocenters. The highest BCUT2D eigenvalue weighted by atomic mass is 35.5. The molecule has 1 heterocycles. The van der Waals surface area contributed by atoms with Crippen molar-refractivity contribution in [2.75, 3.05) is 11.9 Å². The summed E-state index contributed by atoms with van der Waals surface area (Å²) in [6, 6.07) is 11.9. The lowest BCUT2D eigenvalue weighted by Gasteiger charge is -2.17. The number of carbonyl (C=O) groups excluding carboxylic acids is 1. The van der Waals surface area contributed by atoms with Crippen molar-refractivity contribution in [3.63, 3.8) is 0 Å². The van der Waals surface area contributed by atoms with Gasteiger partial charge >= 0.3 is 0 Å². The van der Waals surface area contributed by atoms with Crippen molar-refractivity contribution in [1.29, 1.82) is 0 Å². The van der Waals surface area contributed by atoms with E-state index in [1.807, 2.05) is 0 Å². The van der Waals surface area contributed by atoms with E-state index in [0.717, 1.165) is 5.69 Å². The molecule has 0 bridgehead atoms. The highest BCUT2D eigenvalue weighted by molar-refractivity contribution is 8.18. The average Bonchev–Trinajstić information content (AvgIpc) is 2.93. The maximum absolute atomic E-state index is 12.2. The van der Waals surface area contributed by atoms with E-state index < -0.39 is 0 Å². The predicted octanol–water partition coefficient (Wildman–Crippen LogP) is 4.81. The fourth-order valence-corrected chi connectivity index (χ4v) is 3.35. The molecule has 0 fully saturated rings. The molecular formula is C17H12Cl2N2O2S. The quantitative estimate of drug-likeness (QED) is 0.762. The zero-order valence-electron chi connectivity index (χ0n) is 12.5. The van der Waals surface area contributed by atoms with Gasteiger partial charge in [-0.1, -0.05) is 35.3 Å². The molecule has 7 heteroatoms. The first kappa shape index (κ1) is 16.9. The molecule has 1 N–H and O–H groups in total. The summed E-state index contributed by atoms with van der Waals surface area (Å²) in [6.45, 7) is 0. The summed E-state index contributed by atoms with van der Waals surface area (Å²) in [5.74, 6) is -0.142. The Balaban J connectivity index is 1.84. The van der Waals surface area contributed by atoms with Crippen LogP contribution < -0.4 is 4.90 Å². The number of phenolic OH excluding ortho intramolecular Hbond substituents is 1. The largest absolute Gasteiger partial charge is 0.508 e. The van der Waals surface area contributed by atoms with Gasteiger partial charge in [-0.25, -0.2) is 0 Å². The van der Waals surface area contributed by atoms with Gasteiger partial charge in [0.2, 0.25) is 0 Å². The van der Waals surface area contributed by atoms with Gasteiger partial charge in [-0.15, -0.1) is 0 Å². The van der Waals surface area contributed by atoms with E-state index in [4.69, 9.17) is 23.2 Å². The van der Waals surface area contributed by atoms with Gasteiger partial charge in [0.05, 0.1) is 15.0 Å². The molecule has 1 amide bonds. The van der Waals surface area contributed by atoms with Gasteiger partial charge in [0.15, 0.2) is 5.17 Å². The maximum Gasteiger partial charge on any atom is 0.286 e. The number of amides is 1. The Hall–Kier alpha value is -1.95. The van der Waals surface area contributed by atoms with Crippen LogP contribution in [0.25, 0.3) is 6.08 Å². The SMILES string of the molecule is CN(C1=NC(=O)/C(=C\c2cccc(Cl)c2Cl)S1)c1ccc(O)cc1. The lowest BCUT2D eigenvalue weighted by Crippen LogP contribution is -2.21. The summed E-state index contributed by atoms with van der Waals surface area (Å²) in [7, 11) is 1.81. The van der Waals surface area contributed by atoms with Crippen molar-refractivity contribution in [2.24, 2.45) is 4.99 Å². The van der Waals surface area contributed by atoms with Crippen molar-refractivity contribution >= 4 is 57.8 Å². The zero-order valence-corrected chi connectivity index (χ0v) is 14.9. The second kappa shape index (κ2) is 6.89. The van der Waals surface area contributed by atoms with Crippen LogP contribution in [0.15, 0.2) is 52.4 Å². The fourth-order valence-electron chi connectivity index (χ4n) is 2.10. The third kappa shape index (κ3) is 3.43.